The topological polar surface area (TPSA) is 70.7 Å². The molecule has 0 bridgehead atoms. The number of anilines is 1. The van der Waals surface area contributed by atoms with Crippen LogP contribution in [0.2, 0.25) is 5.02 Å². The quantitative estimate of drug-likeness (QED) is 0.589. The maximum atomic E-state index is 12.4. The summed E-state index contributed by atoms with van der Waals surface area (Å²) in [7, 11) is 1.62. The fourth-order valence-corrected chi connectivity index (χ4v) is 4.12. The zero-order valence-electron chi connectivity index (χ0n) is 16.8. The molecule has 0 atom stereocenters. The Morgan fingerprint density at radius 3 is 2.67 bits per heavy atom. The monoisotopic (exact) mass is 493 g/mol. The van der Waals surface area contributed by atoms with E-state index < -0.39 is 0 Å². The zero-order valence-corrected chi connectivity index (χ0v) is 19.1. The van der Waals surface area contributed by atoms with E-state index in [4.69, 9.17) is 16.3 Å². The summed E-state index contributed by atoms with van der Waals surface area (Å²) < 4.78 is 6.28. The summed E-state index contributed by atoms with van der Waals surface area (Å²) in [4.78, 5) is 26.6. The van der Waals surface area contributed by atoms with Crippen molar-refractivity contribution in [3.8, 4) is 5.75 Å². The van der Waals surface area contributed by atoms with Gasteiger partial charge in [0.05, 0.1) is 7.11 Å². The third-order valence-corrected chi connectivity index (χ3v) is 5.90. The molecule has 1 aliphatic heterocycles. The van der Waals surface area contributed by atoms with Crippen LogP contribution in [0.4, 0.5) is 10.5 Å². The second kappa shape index (κ2) is 10.7. The summed E-state index contributed by atoms with van der Waals surface area (Å²) >= 11 is 9.40. The molecule has 2 N–H and O–H groups in total. The van der Waals surface area contributed by atoms with Crippen molar-refractivity contribution in [2.45, 2.75) is 25.8 Å². The number of carbonyl (C=O) groups excluding carboxylic acids is 2. The Morgan fingerprint density at radius 1 is 1.20 bits per heavy atom. The number of nitrogens with zero attached hydrogens (tertiary/aromatic N) is 1. The van der Waals surface area contributed by atoms with E-state index in [0.717, 1.165) is 28.6 Å². The number of benzene rings is 2. The number of carbonyl (C=O) groups is 2. The highest BCUT2D eigenvalue weighted by molar-refractivity contribution is 9.10. The molecule has 8 heteroatoms. The first-order valence-corrected chi connectivity index (χ1v) is 11.0. The second-order valence-electron chi connectivity index (χ2n) is 7.31. The van der Waals surface area contributed by atoms with E-state index in [-0.39, 0.29) is 17.9 Å². The van der Waals surface area contributed by atoms with Crippen LogP contribution >= 0.6 is 27.5 Å². The molecule has 6 nitrogen and oxygen atoms in total. The van der Waals surface area contributed by atoms with Gasteiger partial charge in [-0.2, -0.15) is 0 Å². The minimum Gasteiger partial charge on any atom is -0.496 e. The standard InChI is InChI=1S/C22H25BrClN3O3/c1-30-20-6-5-17(23)12-16(20)14-25-21(28)11-15-7-9-27(10-8-15)22(29)26-19-4-2-3-18(24)13-19/h2-6,12-13,15H,7-11,14H2,1H3,(H,25,28)(H,26,29). The van der Waals surface area contributed by atoms with Crippen molar-refractivity contribution in [1.82, 2.24) is 10.2 Å². The van der Waals surface area contributed by atoms with Crippen LogP contribution in [0.3, 0.4) is 0 Å². The van der Waals surface area contributed by atoms with Crippen molar-refractivity contribution < 1.29 is 14.3 Å². The summed E-state index contributed by atoms with van der Waals surface area (Å²) in [5.74, 6) is 1.03. The van der Waals surface area contributed by atoms with Crippen molar-refractivity contribution in [2.24, 2.45) is 5.92 Å². The average molecular weight is 495 g/mol. The number of rotatable bonds is 6. The summed E-state index contributed by atoms with van der Waals surface area (Å²) in [5, 5.41) is 6.43. The number of hydrogen-bond acceptors (Lipinski definition) is 3. The van der Waals surface area contributed by atoms with Gasteiger partial charge in [-0.25, -0.2) is 4.79 Å². The maximum absolute atomic E-state index is 12.4. The molecule has 0 aliphatic carbocycles. The van der Waals surface area contributed by atoms with E-state index in [0.29, 0.717) is 36.8 Å². The Labute approximate surface area is 190 Å². The summed E-state index contributed by atoms with van der Waals surface area (Å²) in [6, 6.07) is 12.7. The van der Waals surface area contributed by atoms with E-state index in [1.165, 1.54) is 0 Å². The molecule has 3 amide bonds. The van der Waals surface area contributed by atoms with Crippen LogP contribution < -0.4 is 15.4 Å². The van der Waals surface area contributed by atoms with Crippen molar-refractivity contribution in [3.05, 3.63) is 57.5 Å². The molecule has 1 saturated heterocycles. The Hall–Kier alpha value is -2.25. The van der Waals surface area contributed by atoms with Crippen molar-refractivity contribution in [2.75, 3.05) is 25.5 Å². The molecule has 0 aromatic heterocycles. The van der Waals surface area contributed by atoms with Gasteiger partial charge in [0.1, 0.15) is 5.75 Å². The first kappa shape index (κ1) is 22.4. The number of nitrogens with one attached hydrogen (secondary N) is 2. The minimum atomic E-state index is -0.137. The minimum absolute atomic E-state index is 0.0128. The molecule has 2 aromatic rings. The number of halogens is 2. The van der Waals surface area contributed by atoms with Gasteiger partial charge in [0, 0.05) is 46.8 Å². The number of methoxy groups -OCH3 is 1. The van der Waals surface area contributed by atoms with Gasteiger partial charge in [-0.15, -0.1) is 0 Å². The highest BCUT2D eigenvalue weighted by atomic mass is 79.9. The number of ether oxygens (including phenoxy) is 1. The third kappa shape index (κ3) is 6.37. The third-order valence-electron chi connectivity index (χ3n) is 5.17. The molecule has 160 valence electrons. The molecule has 0 spiro atoms. The van der Waals surface area contributed by atoms with Gasteiger partial charge < -0.3 is 20.3 Å². The van der Waals surface area contributed by atoms with Crippen LogP contribution in [0.1, 0.15) is 24.8 Å². The number of piperidine rings is 1. The van der Waals surface area contributed by atoms with Crippen LogP contribution in [0.25, 0.3) is 0 Å². The molecule has 0 unspecified atom stereocenters. The molecule has 1 heterocycles. The van der Waals surface area contributed by atoms with E-state index in [1.807, 2.05) is 18.2 Å². The van der Waals surface area contributed by atoms with Gasteiger partial charge in [-0.05, 0) is 55.2 Å². The fraction of sp³-hybridized carbons (Fsp3) is 0.364. The molecule has 3 rings (SSSR count). The highest BCUT2D eigenvalue weighted by Gasteiger charge is 2.24. The van der Waals surface area contributed by atoms with Gasteiger partial charge >= 0.3 is 6.03 Å². The van der Waals surface area contributed by atoms with E-state index in [2.05, 4.69) is 26.6 Å². The maximum Gasteiger partial charge on any atom is 0.321 e. The van der Waals surface area contributed by atoms with Crippen molar-refractivity contribution in [1.29, 1.82) is 0 Å². The summed E-state index contributed by atoms with van der Waals surface area (Å²) in [6.45, 7) is 1.68. The molecule has 0 radical (unpaired) electrons. The lowest BCUT2D eigenvalue weighted by atomic mass is 9.93. The normalized spacial score (nSPS) is 14.3. The van der Waals surface area contributed by atoms with Gasteiger partial charge in [-0.1, -0.05) is 33.6 Å². The van der Waals surface area contributed by atoms with Crippen LogP contribution in [0.15, 0.2) is 46.9 Å². The fourth-order valence-electron chi connectivity index (χ4n) is 3.52. The first-order chi connectivity index (χ1) is 14.4. The van der Waals surface area contributed by atoms with E-state index in [9.17, 15) is 9.59 Å². The van der Waals surface area contributed by atoms with Gasteiger partial charge in [0.15, 0.2) is 0 Å². The number of urea groups is 1. The van der Waals surface area contributed by atoms with Crippen LogP contribution in [-0.2, 0) is 11.3 Å². The van der Waals surface area contributed by atoms with Crippen molar-refractivity contribution in [3.63, 3.8) is 0 Å². The molecular formula is C22H25BrClN3O3. The summed E-state index contributed by atoms with van der Waals surface area (Å²) in [5.41, 5.74) is 1.60. The Morgan fingerprint density at radius 2 is 1.97 bits per heavy atom. The van der Waals surface area contributed by atoms with Crippen LogP contribution in [0, 0.1) is 5.92 Å². The molecule has 30 heavy (non-hydrogen) atoms. The molecule has 1 aliphatic rings. The lowest BCUT2D eigenvalue weighted by Gasteiger charge is -2.31. The number of likely N-dealkylation sites (tertiary alicyclic amines) is 1. The Kier molecular flexibility index (Phi) is 7.99. The molecule has 1 fully saturated rings. The zero-order chi connectivity index (χ0) is 21.5. The lowest BCUT2D eigenvalue weighted by Crippen LogP contribution is -2.41. The number of hydrogen-bond donors (Lipinski definition) is 2. The smallest absolute Gasteiger partial charge is 0.321 e. The predicted molar refractivity (Wildman–Crippen MR) is 122 cm³/mol. The van der Waals surface area contributed by atoms with Gasteiger partial charge in [0.2, 0.25) is 5.91 Å². The van der Waals surface area contributed by atoms with Crippen LogP contribution in [0.5, 0.6) is 5.75 Å². The largest absolute Gasteiger partial charge is 0.496 e. The predicted octanol–water partition coefficient (Wildman–Crippen LogP) is 5.06. The first-order valence-electron chi connectivity index (χ1n) is 9.85. The highest BCUT2D eigenvalue weighted by Crippen LogP contribution is 2.24. The lowest BCUT2D eigenvalue weighted by molar-refractivity contribution is -0.122. The molecule has 0 saturated carbocycles. The second-order valence-corrected chi connectivity index (χ2v) is 8.66. The average Bonchev–Trinajstić information content (AvgIpc) is 2.73. The van der Waals surface area contributed by atoms with Crippen LogP contribution in [-0.4, -0.2) is 37.0 Å². The van der Waals surface area contributed by atoms with Gasteiger partial charge in [0.25, 0.3) is 0 Å². The Bertz CT molecular complexity index is 901. The SMILES string of the molecule is COc1ccc(Br)cc1CNC(=O)CC1CCN(C(=O)Nc2cccc(Cl)c2)CC1. The number of amides is 3. The van der Waals surface area contributed by atoms with E-state index >= 15 is 0 Å². The summed E-state index contributed by atoms with van der Waals surface area (Å²) in [6.07, 6.45) is 2.06. The molecular weight excluding hydrogens is 470 g/mol. The Balaban J connectivity index is 1.42. The van der Waals surface area contributed by atoms with E-state index in [1.54, 1.807) is 36.3 Å². The van der Waals surface area contributed by atoms with Crippen molar-refractivity contribution >= 4 is 45.2 Å². The van der Waals surface area contributed by atoms with Gasteiger partial charge in [-0.3, -0.25) is 4.79 Å². The molecule has 2 aromatic carbocycles.